The van der Waals surface area contributed by atoms with Crippen LogP contribution in [0.5, 0.6) is 0 Å². The van der Waals surface area contributed by atoms with Crippen molar-refractivity contribution in [3.8, 4) is 0 Å². The van der Waals surface area contributed by atoms with Crippen molar-refractivity contribution in [2.75, 3.05) is 32.6 Å². The minimum Gasteiger partial charge on any atom is -0.350 e. The number of carbonyl (C=O) groups is 1. The van der Waals surface area contributed by atoms with E-state index in [1.165, 1.54) is 18.4 Å². The van der Waals surface area contributed by atoms with Crippen molar-refractivity contribution >= 4 is 11.7 Å². The van der Waals surface area contributed by atoms with Crippen LogP contribution in [0.1, 0.15) is 24.1 Å². The first-order valence-corrected chi connectivity index (χ1v) is 7.07. The van der Waals surface area contributed by atoms with Gasteiger partial charge in [-0.3, -0.25) is 9.48 Å². The summed E-state index contributed by atoms with van der Waals surface area (Å²) in [6.45, 7) is 3.21. The van der Waals surface area contributed by atoms with Gasteiger partial charge in [-0.25, -0.2) is 0 Å². The van der Waals surface area contributed by atoms with Crippen molar-refractivity contribution in [2.45, 2.75) is 32.4 Å². The highest BCUT2D eigenvalue weighted by Crippen LogP contribution is 2.25. The van der Waals surface area contributed by atoms with E-state index in [9.17, 15) is 4.79 Å². The zero-order valence-corrected chi connectivity index (χ0v) is 13.1. The summed E-state index contributed by atoms with van der Waals surface area (Å²) in [5.74, 6) is 1.11. The second kappa shape index (κ2) is 5.83. The zero-order chi connectivity index (χ0) is 14.9. The van der Waals surface area contributed by atoms with Crippen molar-refractivity contribution < 1.29 is 4.79 Å². The minimum atomic E-state index is 0.0902. The Morgan fingerprint density at radius 1 is 1.40 bits per heavy atom. The molecule has 0 unspecified atom stereocenters. The lowest BCUT2D eigenvalue weighted by Gasteiger charge is -2.22. The minimum absolute atomic E-state index is 0.0902. The van der Waals surface area contributed by atoms with Crippen LogP contribution < -0.4 is 10.2 Å². The summed E-state index contributed by atoms with van der Waals surface area (Å²) in [7, 11) is 7.43. The molecule has 1 N–H and O–H groups in total. The van der Waals surface area contributed by atoms with Crippen LogP contribution in [0.25, 0.3) is 0 Å². The topological polar surface area (TPSA) is 53.4 Å². The molecule has 112 valence electrons. The van der Waals surface area contributed by atoms with Gasteiger partial charge < -0.3 is 15.1 Å². The molecule has 1 saturated carbocycles. The SMILES string of the molecule is Cc1nn(C)c(N(C)CC(=O)N(C)C)c1CNC1CC1. The molecule has 1 amide bonds. The van der Waals surface area contributed by atoms with Gasteiger partial charge in [0, 0.05) is 46.3 Å². The fourth-order valence-corrected chi connectivity index (χ4v) is 2.33. The number of aromatic nitrogens is 2. The number of nitrogens with one attached hydrogen (secondary N) is 1. The van der Waals surface area contributed by atoms with E-state index in [1.807, 2.05) is 30.6 Å². The van der Waals surface area contributed by atoms with Gasteiger partial charge in [-0.15, -0.1) is 0 Å². The Kier molecular flexibility index (Phi) is 4.32. The predicted octanol–water partition coefficient (Wildman–Crippen LogP) is 0.505. The number of hydrogen-bond acceptors (Lipinski definition) is 4. The first-order chi connectivity index (χ1) is 9.40. The van der Waals surface area contributed by atoms with Crippen LogP contribution in [0.3, 0.4) is 0 Å². The van der Waals surface area contributed by atoms with Gasteiger partial charge in [0.1, 0.15) is 5.82 Å². The smallest absolute Gasteiger partial charge is 0.241 e. The number of hydrogen-bond donors (Lipinski definition) is 1. The van der Waals surface area contributed by atoms with Crippen molar-refractivity contribution in [1.82, 2.24) is 20.0 Å². The van der Waals surface area contributed by atoms with Crippen LogP contribution in [-0.2, 0) is 18.4 Å². The maximum absolute atomic E-state index is 11.9. The monoisotopic (exact) mass is 279 g/mol. The average molecular weight is 279 g/mol. The fourth-order valence-electron chi connectivity index (χ4n) is 2.33. The predicted molar refractivity (Wildman–Crippen MR) is 79.8 cm³/mol. The summed E-state index contributed by atoms with van der Waals surface area (Å²) in [5, 5.41) is 8.02. The summed E-state index contributed by atoms with van der Waals surface area (Å²) in [6, 6.07) is 0.663. The number of rotatable bonds is 6. The average Bonchev–Trinajstić information content (AvgIpc) is 3.12. The lowest BCUT2D eigenvalue weighted by atomic mass is 10.2. The molecule has 0 bridgehead atoms. The van der Waals surface area contributed by atoms with Gasteiger partial charge in [0.25, 0.3) is 0 Å². The van der Waals surface area contributed by atoms with Gasteiger partial charge >= 0.3 is 0 Å². The van der Waals surface area contributed by atoms with Crippen LogP contribution in [-0.4, -0.2) is 54.3 Å². The third-order valence-corrected chi connectivity index (χ3v) is 3.69. The number of aryl methyl sites for hydroxylation is 2. The molecule has 0 aromatic carbocycles. The van der Waals surface area contributed by atoms with E-state index in [1.54, 1.807) is 19.0 Å². The number of carbonyl (C=O) groups excluding carboxylic acids is 1. The molecule has 0 aliphatic heterocycles. The van der Waals surface area contributed by atoms with Gasteiger partial charge in [-0.1, -0.05) is 0 Å². The Hall–Kier alpha value is -1.56. The second-order valence-corrected chi connectivity index (χ2v) is 5.81. The standard InChI is InChI=1S/C14H25N5O/c1-10-12(8-15-11-6-7-11)14(19(5)16-10)18(4)9-13(20)17(2)3/h11,15H,6-9H2,1-5H3. The lowest BCUT2D eigenvalue weighted by Crippen LogP contribution is -2.35. The highest BCUT2D eigenvalue weighted by Gasteiger charge is 2.24. The van der Waals surface area contributed by atoms with E-state index in [2.05, 4.69) is 10.4 Å². The van der Waals surface area contributed by atoms with E-state index in [0.29, 0.717) is 12.6 Å². The third kappa shape index (κ3) is 3.30. The Balaban J connectivity index is 2.13. The number of nitrogens with zero attached hydrogens (tertiary/aromatic N) is 4. The van der Waals surface area contributed by atoms with Crippen molar-refractivity contribution in [3.63, 3.8) is 0 Å². The van der Waals surface area contributed by atoms with Crippen LogP contribution >= 0.6 is 0 Å². The Bertz CT molecular complexity index is 490. The summed E-state index contributed by atoms with van der Waals surface area (Å²) in [6.07, 6.45) is 2.53. The van der Waals surface area contributed by atoms with Crippen LogP contribution in [0, 0.1) is 6.92 Å². The molecule has 2 rings (SSSR count). The molecular weight excluding hydrogens is 254 g/mol. The van der Waals surface area contributed by atoms with E-state index in [4.69, 9.17) is 0 Å². The maximum Gasteiger partial charge on any atom is 0.241 e. The molecule has 1 heterocycles. The Labute approximate surface area is 120 Å². The molecule has 1 aromatic rings. The van der Waals surface area contributed by atoms with Crippen molar-refractivity contribution in [3.05, 3.63) is 11.3 Å². The molecule has 0 saturated heterocycles. The Morgan fingerprint density at radius 2 is 2.05 bits per heavy atom. The van der Waals surface area contributed by atoms with E-state index in [0.717, 1.165) is 18.1 Å². The largest absolute Gasteiger partial charge is 0.350 e. The molecular formula is C14H25N5O. The van der Waals surface area contributed by atoms with Gasteiger partial charge in [0.15, 0.2) is 0 Å². The van der Waals surface area contributed by atoms with E-state index < -0.39 is 0 Å². The molecule has 6 heteroatoms. The molecule has 1 aliphatic rings. The second-order valence-electron chi connectivity index (χ2n) is 5.81. The highest BCUT2D eigenvalue weighted by atomic mass is 16.2. The normalized spacial score (nSPS) is 14.4. The summed E-state index contributed by atoms with van der Waals surface area (Å²) in [5.41, 5.74) is 2.22. The van der Waals surface area contributed by atoms with Gasteiger partial charge in [0.05, 0.1) is 12.2 Å². The first kappa shape index (κ1) is 14.8. The van der Waals surface area contributed by atoms with Gasteiger partial charge in [0.2, 0.25) is 5.91 Å². The number of anilines is 1. The Morgan fingerprint density at radius 3 is 2.60 bits per heavy atom. The quantitative estimate of drug-likeness (QED) is 0.824. The lowest BCUT2D eigenvalue weighted by molar-refractivity contribution is -0.127. The van der Waals surface area contributed by atoms with Crippen LogP contribution in [0.4, 0.5) is 5.82 Å². The summed E-state index contributed by atoms with van der Waals surface area (Å²) in [4.78, 5) is 15.5. The molecule has 1 aromatic heterocycles. The maximum atomic E-state index is 11.9. The van der Waals surface area contributed by atoms with Gasteiger partial charge in [-0.2, -0.15) is 5.10 Å². The number of amides is 1. The van der Waals surface area contributed by atoms with Crippen molar-refractivity contribution in [2.24, 2.45) is 7.05 Å². The molecule has 1 fully saturated rings. The molecule has 20 heavy (non-hydrogen) atoms. The highest BCUT2D eigenvalue weighted by molar-refractivity contribution is 5.80. The number of likely N-dealkylation sites (N-methyl/N-ethyl adjacent to an activating group) is 2. The molecule has 6 nitrogen and oxygen atoms in total. The van der Waals surface area contributed by atoms with Crippen LogP contribution in [0.15, 0.2) is 0 Å². The molecule has 0 atom stereocenters. The summed E-state index contributed by atoms with van der Waals surface area (Å²) >= 11 is 0. The molecule has 1 aliphatic carbocycles. The van der Waals surface area contributed by atoms with Crippen LogP contribution in [0.2, 0.25) is 0 Å². The van der Waals surface area contributed by atoms with Gasteiger partial charge in [-0.05, 0) is 19.8 Å². The summed E-state index contributed by atoms with van der Waals surface area (Å²) < 4.78 is 1.86. The van der Waals surface area contributed by atoms with E-state index >= 15 is 0 Å². The van der Waals surface area contributed by atoms with E-state index in [-0.39, 0.29) is 5.91 Å². The third-order valence-electron chi connectivity index (χ3n) is 3.69. The van der Waals surface area contributed by atoms with Crippen molar-refractivity contribution in [1.29, 1.82) is 0 Å². The molecule has 0 radical (unpaired) electrons. The first-order valence-electron chi connectivity index (χ1n) is 7.07. The molecule has 0 spiro atoms. The fraction of sp³-hybridized carbons (Fsp3) is 0.714. The zero-order valence-electron chi connectivity index (χ0n) is 13.1.